The zero-order valence-corrected chi connectivity index (χ0v) is 14.6. The molecule has 1 aliphatic heterocycles. The minimum atomic E-state index is -0.420. The lowest BCUT2D eigenvalue weighted by atomic mass is 9.86. The van der Waals surface area contributed by atoms with Gasteiger partial charge in [0.15, 0.2) is 0 Å². The summed E-state index contributed by atoms with van der Waals surface area (Å²) >= 11 is 6.01. The Morgan fingerprint density at radius 2 is 2.28 bits per heavy atom. The van der Waals surface area contributed by atoms with E-state index in [9.17, 15) is 14.7 Å². The van der Waals surface area contributed by atoms with Crippen molar-refractivity contribution in [3.8, 4) is 5.75 Å². The Bertz CT molecular complexity index is 847. The maximum Gasteiger partial charge on any atom is 0.327 e. The lowest BCUT2D eigenvalue weighted by Gasteiger charge is -2.24. The summed E-state index contributed by atoms with van der Waals surface area (Å²) in [5.41, 5.74) is 2.36. The number of benzene rings is 1. The molecule has 1 atom stereocenters. The zero-order chi connectivity index (χ0) is 18.1. The van der Waals surface area contributed by atoms with Crippen molar-refractivity contribution in [2.45, 2.75) is 32.7 Å². The lowest BCUT2D eigenvalue weighted by Crippen LogP contribution is -2.26. The number of aryl methyl sites for hydroxylation is 1. The first-order valence-corrected chi connectivity index (χ1v) is 8.29. The molecular formula is C17H18ClN3O4. The van der Waals surface area contributed by atoms with Crippen LogP contribution in [0.4, 0.5) is 5.82 Å². The average Bonchev–Trinajstić information content (AvgIpc) is 2.85. The fourth-order valence-corrected chi connectivity index (χ4v) is 3.27. The molecule has 0 fully saturated rings. The van der Waals surface area contributed by atoms with Gasteiger partial charge in [-0.25, -0.2) is 4.68 Å². The molecule has 2 heterocycles. The molecule has 1 aromatic heterocycles. The predicted molar refractivity (Wildman–Crippen MR) is 91.8 cm³/mol. The summed E-state index contributed by atoms with van der Waals surface area (Å²) in [4.78, 5) is 24.0. The van der Waals surface area contributed by atoms with Crippen molar-refractivity contribution >= 4 is 29.3 Å². The highest BCUT2D eigenvalue weighted by Gasteiger charge is 2.33. The molecule has 3 rings (SSSR count). The number of phenols is 1. The molecular weight excluding hydrogens is 346 g/mol. The molecule has 0 saturated heterocycles. The van der Waals surface area contributed by atoms with E-state index >= 15 is 0 Å². The van der Waals surface area contributed by atoms with Gasteiger partial charge in [-0.05, 0) is 31.5 Å². The van der Waals surface area contributed by atoms with Gasteiger partial charge in [-0.2, -0.15) is 5.10 Å². The molecule has 0 bridgehead atoms. The molecule has 1 aliphatic rings. The fraction of sp³-hybridized carbons (Fsp3) is 0.353. The van der Waals surface area contributed by atoms with Crippen molar-refractivity contribution in [2.75, 3.05) is 11.9 Å². The van der Waals surface area contributed by atoms with Crippen molar-refractivity contribution in [3.63, 3.8) is 0 Å². The third-order valence-corrected chi connectivity index (χ3v) is 4.43. The van der Waals surface area contributed by atoms with Crippen LogP contribution in [0.15, 0.2) is 18.2 Å². The fourth-order valence-electron chi connectivity index (χ4n) is 3.08. The van der Waals surface area contributed by atoms with Gasteiger partial charge in [0.05, 0.1) is 17.3 Å². The molecule has 8 heteroatoms. The second-order valence-corrected chi connectivity index (χ2v) is 6.23. The number of phenolic OH excluding ortho intramolecular Hbond substituents is 1. The number of hydrogen-bond acceptors (Lipinski definition) is 5. The van der Waals surface area contributed by atoms with Crippen LogP contribution in [0.3, 0.4) is 0 Å². The van der Waals surface area contributed by atoms with Gasteiger partial charge >= 0.3 is 5.97 Å². The number of amides is 1. The summed E-state index contributed by atoms with van der Waals surface area (Å²) in [6.45, 7) is 3.76. The molecule has 0 aliphatic carbocycles. The zero-order valence-electron chi connectivity index (χ0n) is 13.9. The van der Waals surface area contributed by atoms with Crippen LogP contribution in [0.1, 0.15) is 36.1 Å². The second-order valence-electron chi connectivity index (χ2n) is 5.83. The Labute approximate surface area is 149 Å². The first-order valence-electron chi connectivity index (χ1n) is 7.91. The van der Waals surface area contributed by atoms with E-state index in [1.54, 1.807) is 19.1 Å². The smallest absolute Gasteiger partial charge is 0.327 e. The maximum atomic E-state index is 12.2. The maximum absolute atomic E-state index is 12.2. The standard InChI is InChI=1S/C17H18ClN3O4/c1-3-25-15(24)8-21-17-16(9(2)20-21)11(7-14(23)19-17)10-4-5-13(22)12(18)6-10/h4-6,11,22H,3,7-8H2,1-2H3,(H,19,23)/t11-/m1/s1. The number of aromatic hydroxyl groups is 1. The molecule has 1 aromatic carbocycles. The number of halogens is 1. The number of nitrogens with zero attached hydrogens (tertiary/aromatic N) is 2. The summed E-state index contributed by atoms with van der Waals surface area (Å²) in [5, 5.41) is 17.0. The highest BCUT2D eigenvalue weighted by atomic mass is 35.5. The monoisotopic (exact) mass is 363 g/mol. The van der Waals surface area contributed by atoms with Gasteiger partial charge in [0, 0.05) is 17.9 Å². The van der Waals surface area contributed by atoms with Gasteiger partial charge in [-0.1, -0.05) is 17.7 Å². The SMILES string of the molecule is CCOC(=O)Cn1nc(C)c2c1NC(=O)C[C@@H]2c1ccc(O)c(Cl)c1. The van der Waals surface area contributed by atoms with E-state index < -0.39 is 5.97 Å². The Morgan fingerprint density at radius 1 is 1.52 bits per heavy atom. The van der Waals surface area contributed by atoms with E-state index in [0.717, 1.165) is 11.1 Å². The number of anilines is 1. The quantitative estimate of drug-likeness (QED) is 0.814. The van der Waals surface area contributed by atoms with E-state index in [1.165, 1.54) is 10.7 Å². The topological polar surface area (TPSA) is 93.5 Å². The molecule has 0 saturated carbocycles. The lowest BCUT2D eigenvalue weighted by molar-refractivity contribution is -0.144. The van der Waals surface area contributed by atoms with Crippen LogP contribution in [0.2, 0.25) is 5.02 Å². The molecule has 2 N–H and O–H groups in total. The number of carbonyl (C=O) groups is 2. The highest BCUT2D eigenvalue weighted by molar-refractivity contribution is 6.32. The number of nitrogens with one attached hydrogen (secondary N) is 1. The summed E-state index contributed by atoms with van der Waals surface area (Å²) in [6.07, 6.45) is 0.236. The number of aromatic nitrogens is 2. The van der Waals surface area contributed by atoms with Crippen LogP contribution in [0.25, 0.3) is 0 Å². The minimum absolute atomic E-state index is 0.0133. The number of esters is 1. The van der Waals surface area contributed by atoms with Gasteiger partial charge in [0.2, 0.25) is 5.91 Å². The highest BCUT2D eigenvalue weighted by Crippen LogP contribution is 2.40. The number of carbonyl (C=O) groups excluding carboxylic acids is 2. The van der Waals surface area contributed by atoms with Gasteiger partial charge < -0.3 is 15.2 Å². The Morgan fingerprint density at radius 3 is 2.96 bits per heavy atom. The van der Waals surface area contributed by atoms with Crippen molar-refractivity contribution in [3.05, 3.63) is 40.0 Å². The molecule has 25 heavy (non-hydrogen) atoms. The van der Waals surface area contributed by atoms with Crippen LogP contribution in [-0.2, 0) is 20.9 Å². The van der Waals surface area contributed by atoms with Crippen molar-refractivity contribution < 1.29 is 19.4 Å². The van der Waals surface area contributed by atoms with Gasteiger partial charge in [0.1, 0.15) is 18.1 Å². The van der Waals surface area contributed by atoms with E-state index in [2.05, 4.69) is 10.4 Å². The average molecular weight is 364 g/mol. The van der Waals surface area contributed by atoms with E-state index in [4.69, 9.17) is 16.3 Å². The van der Waals surface area contributed by atoms with Crippen LogP contribution >= 0.6 is 11.6 Å². The largest absolute Gasteiger partial charge is 0.506 e. The normalized spacial score (nSPS) is 16.3. The number of fused-ring (bicyclic) bond motifs is 1. The van der Waals surface area contributed by atoms with Crippen molar-refractivity contribution in [1.82, 2.24) is 9.78 Å². The summed E-state index contributed by atoms with van der Waals surface area (Å²) in [5.74, 6) is -0.363. The van der Waals surface area contributed by atoms with Gasteiger partial charge in [-0.3, -0.25) is 9.59 Å². The molecule has 2 aromatic rings. The Balaban J connectivity index is 2.03. The number of ether oxygens (including phenoxy) is 1. The van der Waals surface area contributed by atoms with Crippen molar-refractivity contribution in [2.24, 2.45) is 0 Å². The van der Waals surface area contributed by atoms with Crippen LogP contribution in [0.5, 0.6) is 5.75 Å². The second kappa shape index (κ2) is 6.76. The first kappa shape index (κ1) is 17.3. The summed E-state index contributed by atoms with van der Waals surface area (Å²) < 4.78 is 6.41. The van der Waals surface area contributed by atoms with Gasteiger partial charge in [-0.15, -0.1) is 0 Å². The predicted octanol–water partition coefficient (Wildman–Crippen LogP) is 2.59. The van der Waals surface area contributed by atoms with E-state index in [1.807, 2.05) is 6.92 Å². The van der Waals surface area contributed by atoms with Crippen LogP contribution in [0, 0.1) is 6.92 Å². The summed E-state index contributed by atoms with van der Waals surface area (Å²) in [7, 11) is 0. The minimum Gasteiger partial charge on any atom is -0.506 e. The Kier molecular flexibility index (Phi) is 4.67. The third-order valence-electron chi connectivity index (χ3n) is 4.13. The molecule has 0 radical (unpaired) electrons. The Hall–Kier alpha value is -2.54. The molecule has 0 spiro atoms. The van der Waals surface area contributed by atoms with Crippen molar-refractivity contribution in [1.29, 1.82) is 0 Å². The first-order chi connectivity index (χ1) is 11.9. The number of hydrogen-bond donors (Lipinski definition) is 2. The summed E-state index contributed by atoms with van der Waals surface area (Å²) in [6, 6.07) is 4.88. The number of rotatable bonds is 4. The molecule has 132 valence electrons. The van der Waals surface area contributed by atoms with Crippen LogP contribution in [-0.4, -0.2) is 33.4 Å². The van der Waals surface area contributed by atoms with Crippen LogP contribution < -0.4 is 5.32 Å². The molecule has 7 nitrogen and oxygen atoms in total. The molecule has 1 amide bonds. The van der Waals surface area contributed by atoms with E-state index in [-0.39, 0.29) is 42.2 Å². The third kappa shape index (κ3) is 3.32. The van der Waals surface area contributed by atoms with Gasteiger partial charge in [0.25, 0.3) is 0 Å². The van der Waals surface area contributed by atoms with E-state index in [0.29, 0.717) is 11.5 Å². The molecule has 0 unspecified atom stereocenters.